The normalized spacial score (nSPS) is 10.1. The maximum absolute atomic E-state index is 12.1. The molecule has 1 amide bonds. The topological polar surface area (TPSA) is 46.6 Å². The molecule has 94 valence electrons. The summed E-state index contributed by atoms with van der Waals surface area (Å²) in [5.41, 5.74) is 0.983. The molecule has 0 saturated heterocycles. The SMILES string of the molecule is CCN(CCC(=O)OC)C(=O)c1sccc1C. The molecule has 0 unspecified atom stereocenters. The smallest absolute Gasteiger partial charge is 0.307 e. The van der Waals surface area contributed by atoms with Crippen molar-refractivity contribution in [2.45, 2.75) is 20.3 Å². The number of hydrogen-bond acceptors (Lipinski definition) is 4. The summed E-state index contributed by atoms with van der Waals surface area (Å²) in [6.07, 6.45) is 0.237. The van der Waals surface area contributed by atoms with Crippen molar-refractivity contribution in [3.8, 4) is 0 Å². The molecule has 1 aromatic rings. The highest BCUT2D eigenvalue weighted by Crippen LogP contribution is 2.18. The Morgan fingerprint density at radius 1 is 1.47 bits per heavy atom. The zero-order valence-electron chi connectivity index (χ0n) is 10.4. The van der Waals surface area contributed by atoms with Crippen LogP contribution in [0.5, 0.6) is 0 Å². The third kappa shape index (κ3) is 3.56. The first-order valence-electron chi connectivity index (χ1n) is 5.50. The molecule has 0 radical (unpaired) electrons. The lowest BCUT2D eigenvalue weighted by atomic mass is 10.2. The van der Waals surface area contributed by atoms with Gasteiger partial charge in [-0.2, -0.15) is 0 Å². The fourth-order valence-electron chi connectivity index (χ4n) is 1.47. The monoisotopic (exact) mass is 255 g/mol. The van der Waals surface area contributed by atoms with E-state index in [-0.39, 0.29) is 18.3 Å². The van der Waals surface area contributed by atoms with E-state index >= 15 is 0 Å². The molecule has 0 fully saturated rings. The molecule has 0 saturated carbocycles. The molecule has 0 atom stereocenters. The largest absolute Gasteiger partial charge is 0.469 e. The number of amides is 1. The number of ether oxygens (including phenoxy) is 1. The Bertz CT molecular complexity index is 400. The van der Waals surface area contributed by atoms with Crippen LogP contribution in [0.15, 0.2) is 11.4 Å². The fraction of sp³-hybridized carbons (Fsp3) is 0.500. The quantitative estimate of drug-likeness (QED) is 0.757. The molecule has 0 aliphatic heterocycles. The van der Waals surface area contributed by atoms with Crippen molar-refractivity contribution in [1.29, 1.82) is 0 Å². The van der Waals surface area contributed by atoms with Crippen LogP contribution in [0.25, 0.3) is 0 Å². The van der Waals surface area contributed by atoms with Crippen LogP contribution in [0.1, 0.15) is 28.6 Å². The van der Waals surface area contributed by atoms with Crippen LogP contribution >= 0.6 is 11.3 Å². The maximum Gasteiger partial charge on any atom is 0.307 e. The molecular weight excluding hydrogens is 238 g/mol. The number of esters is 1. The lowest BCUT2D eigenvalue weighted by Crippen LogP contribution is -2.32. The van der Waals surface area contributed by atoms with Crippen LogP contribution in [0, 0.1) is 6.92 Å². The zero-order valence-corrected chi connectivity index (χ0v) is 11.2. The molecule has 0 N–H and O–H groups in total. The van der Waals surface area contributed by atoms with Gasteiger partial charge in [-0.25, -0.2) is 0 Å². The second-order valence-corrected chi connectivity index (χ2v) is 4.56. The summed E-state index contributed by atoms with van der Waals surface area (Å²) >= 11 is 1.43. The molecule has 0 aromatic carbocycles. The minimum absolute atomic E-state index is 0.0103. The fourth-order valence-corrected chi connectivity index (χ4v) is 2.36. The van der Waals surface area contributed by atoms with E-state index in [4.69, 9.17) is 0 Å². The van der Waals surface area contributed by atoms with Crippen LogP contribution in [0.2, 0.25) is 0 Å². The van der Waals surface area contributed by atoms with Crippen molar-refractivity contribution in [3.63, 3.8) is 0 Å². The summed E-state index contributed by atoms with van der Waals surface area (Å²) < 4.78 is 4.56. The second kappa shape index (κ2) is 6.39. The molecule has 0 bridgehead atoms. The molecule has 5 heteroatoms. The first kappa shape index (κ1) is 13.7. The zero-order chi connectivity index (χ0) is 12.8. The van der Waals surface area contributed by atoms with Crippen LogP contribution in [-0.4, -0.2) is 37.0 Å². The number of rotatable bonds is 5. The number of nitrogens with zero attached hydrogens (tertiary/aromatic N) is 1. The average molecular weight is 255 g/mol. The van der Waals surface area contributed by atoms with E-state index < -0.39 is 0 Å². The van der Waals surface area contributed by atoms with Gasteiger partial charge in [-0.05, 0) is 30.9 Å². The summed E-state index contributed by atoms with van der Waals surface area (Å²) in [6, 6.07) is 1.92. The van der Waals surface area contributed by atoms with Gasteiger partial charge in [0.15, 0.2) is 0 Å². The molecule has 17 heavy (non-hydrogen) atoms. The Morgan fingerprint density at radius 2 is 2.18 bits per heavy atom. The highest BCUT2D eigenvalue weighted by molar-refractivity contribution is 7.12. The van der Waals surface area contributed by atoms with E-state index in [2.05, 4.69) is 4.74 Å². The Balaban J connectivity index is 2.65. The third-order valence-corrected chi connectivity index (χ3v) is 3.54. The Morgan fingerprint density at radius 3 is 2.65 bits per heavy atom. The molecular formula is C12H17NO3S. The van der Waals surface area contributed by atoms with Gasteiger partial charge < -0.3 is 9.64 Å². The predicted octanol–water partition coefficient (Wildman–Crippen LogP) is 2.08. The van der Waals surface area contributed by atoms with Crippen molar-refractivity contribution in [3.05, 3.63) is 21.9 Å². The summed E-state index contributed by atoms with van der Waals surface area (Å²) in [6.45, 7) is 4.81. The van der Waals surface area contributed by atoms with Crippen molar-refractivity contribution < 1.29 is 14.3 Å². The minimum atomic E-state index is -0.292. The van der Waals surface area contributed by atoms with E-state index in [9.17, 15) is 9.59 Å². The summed E-state index contributed by atoms with van der Waals surface area (Å²) in [4.78, 5) is 25.6. The molecule has 4 nitrogen and oxygen atoms in total. The first-order chi connectivity index (χ1) is 8.10. The molecule has 0 spiro atoms. The first-order valence-corrected chi connectivity index (χ1v) is 6.38. The van der Waals surface area contributed by atoms with Crippen LogP contribution in [0.4, 0.5) is 0 Å². The number of aryl methyl sites for hydroxylation is 1. The van der Waals surface area contributed by atoms with Gasteiger partial charge in [0.1, 0.15) is 0 Å². The van der Waals surface area contributed by atoms with Crippen LogP contribution in [0.3, 0.4) is 0 Å². The average Bonchev–Trinajstić information content (AvgIpc) is 2.75. The molecule has 0 aliphatic carbocycles. The van der Waals surface area contributed by atoms with Gasteiger partial charge in [-0.15, -0.1) is 11.3 Å². The van der Waals surface area contributed by atoms with Gasteiger partial charge in [0.05, 0.1) is 18.4 Å². The summed E-state index contributed by atoms with van der Waals surface area (Å²) in [5, 5.41) is 1.90. The van der Waals surface area contributed by atoms with Crippen LogP contribution in [-0.2, 0) is 9.53 Å². The molecule has 1 aromatic heterocycles. The van der Waals surface area contributed by atoms with Gasteiger partial charge in [0, 0.05) is 13.1 Å². The number of hydrogen-bond donors (Lipinski definition) is 0. The number of carbonyl (C=O) groups excluding carboxylic acids is 2. The Kier molecular flexibility index (Phi) is 5.15. The lowest BCUT2D eigenvalue weighted by Gasteiger charge is -2.19. The van der Waals surface area contributed by atoms with Crippen molar-refractivity contribution >= 4 is 23.2 Å². The van der Waals surface area contributed by atoms with Gasteiger partial charge in [0.25, 0.3) is 5.91 Å². The van der Waals surface area contributed by atoms with Gasteiger partial charge >= 0.3 is 5.97 Å². The lowest BCUT2D eigenvalue weighted by molar-refractivity contribution is -0.140. The Labute approximate surface area is 105 Å². The molecule has 1 heterocycles. The number of thiophene rings is 1. The summed E-state index contributed by atoms with van der Waals surface area (Å²) in [5.74, 6) is -0.303. The molecule has 1 rings (SSSR count). The predicted molar refractivity (Wildman–Crippen MR) is 67.3 cm³/mol. The van der Waals surface area contributed by atoms with Crippen molar-refractivity contribution in [2.75, 3.05) is 20.2 Å². The molecule has 0 aliphatic rings. The number of methoxy groups -OCH3 is 1. The van der Waals surface area contributed by atoms with Crippen molar-refractivity contribution in [1.82, 2.24) is 4.90 Å². The summed E-state index contributed by atoms with van der Waals surface area (Å²) in [7, 11) is 1.35. The van der Waals surface area contributed by atoms with E-state index in [1.54, 1.807) is 4.90 Å². The minimum Gasteiger partial charge on any atom is -0.469 e. The Hall–Kier alpha value is -1.36. The van der Waals surface area contributed by atoms with Gasteiger partial charge in [-0.1, -0.05) is 0 Å². The van der Waals surface area contributed by atoms with E-state index in [1.807, 2.05) is 25.3 Å². The standard InChI is InChI=1S/C12H17NO3S/c1-4-13(7-5-10(14)16-3)12(15)11-9(2)6-8-17-11/h6,8H,4-5,7H2,1-3H3. The van der Waals surface area contributed by atoms with E-state index in [1.165, 1.54) is 18.4 Å². The van der Waals surface area contributed by atoms with E-state index in [0.29, 0.717) is 13.1 Å². The maximum atomic E-state index is 12.1. The third-order valence-electron chi connectivity index (χ3n) is 2.54. The second-order valence-electron chi connectivity index (χ2n) is 3.64. The highest BCUT2D eigenvalue weighted by Gasteiger charge is 2.18. The van der Waals surface area contributed by atoms with Gasteiger partial charge in [-0.3, -0.25) is 9.59 Å². The number of carbonyl (C=O) groups is 2. The van der Waals surface area contributed by atoms with Gasteiger partial charge in [0.2, 0.25) is 0 Å². The highest BCUT2D eigenvalue weighted by atomic mass is 32.1. The van der Waals surface area contributed by atoms with Crippen LogP contribution < -0.4 is 0 Å². The van der Waals surface area contributed by atoms with Crippen molar-refractivity contribution in [2.24, 2.45) is 0 Å². The van der Waals surface area contributed by atoms with E-state index in [0.717, 1.165) is 10.4 Å².